The van der Waals surface area contributed by atoms with Gasteiger partial charge < -0.3 is 10.3 Å². The number of Topliss-reactive ketones (excluding diaryl/α,β-unsaturated/α-hetero) is 1. The molecular weight excluding hydrogens is 405 g/mol. The third-order valence-electron chi connectivity index (χ3n) is 5.41. The lowest BCUT2D eigenvalue weighted by Crippen LogP contribution is -2.36. The van der Waals surface area contributed by atoms with Crippen LogP contribution in [-0.2, 0) is 17.5 Å². The van der Waals surface area contributed by atoms with Crippen LogP contribution in [0, 0.1) is 5.41 Å². The number of carbonyl (C=O) groups is 2. The topological polar surface area (TPSA) is 65.1 Å². The van der Waals surface area contributed by atoms with Crippen LogP contribution in [0.5, 0.6) is 0 Å². The molecule has 2 aromatic carbocycles. The van der Waals surface area contributed by atoms with Crippen LogP contribution in [0.3, 0.4) is 0 Å². The lowest BCUT2D eigenvalue weighted by Gasteiger charge is -2.23. The van der Waals surface area contributed by atoms with Gasteiger partial charge in [0.2, 0.25) is 5.91 Å². The van der Waals surface area contributed by atoms with Gasteiger partial charge in [-0.25, -0.2) is 0 Å². The third kappa shape index (κ3) is 4.36. The number of carbonyl (C=O) groups excluding carboxylic acids is 2. The molecule has 31 heavy (non-hydrogen) atoms. The Kier molecular flexibility index (Phi) is 5.98. The fraction of sp³-hybridized carbons (Fsp3) is 0.333. The van der Waals surface area contributed by atoms with Gasteiger partial charge in [-0.05, 0) is 44.0 Å². The van der Waals surface area contributed by atoms with Crippen molar-refractivity contribution in [3.05, 3.63) is 59.8 Å². The number of nitrogens with zero attached hydrogens (tertiary/aromatic N) is 1. The standard InChI is InChI=1S/C24H25F3N2O2/c1-4-8-19(30)21-20(15-9-6-5-7-10-15)17-13-16(24(25,26)27)11-12-18(17)29(21)14-23(2,3)22(28)31/h5-7,9-13H,4,8,14H2,1-3H3,(H2,28,31). The Morgan fingerprint density at radius 2 is 1.68 bits per heavy atom. The van der Waals surface area contributed by atoms with Gasteiger partial charge in [0.05, 0.1) is 16.7 Å². The van der Waals surface area contributed by atoms with E-state index in [0.29, 0.717) is 34.1 Å². The van der Waals surface area contributed by atoms with E-state index in [0.717, 1.165) is 12.1 Å². The van der Waals surface area contributed by atoms with Crippen molar-refractivity contribution >= 4 is 22.6 Å². The molecule has 3 rings (SSSR count). The number of halogens is 3. The van der Waals surface area contributed by atoms with Gasteiger partial charge in [0.15, 0.2) is 5.78 Å². The molecule has 1 aromatic heterocycles. The fourth-order valence-corrected chi connectivity index (χ4v) is 3.70. The summed E-state index contributed by atoms with van der Waals surface area (Å²) in [7, 11) is 0. The van der Waals surface area contributed by atoms with Crippen molar-refractivity contribution in [1.29, 1.82) is 0 Å². The zero-order chi connectivity index (χ0) is 23.0. The quantitative estimate of drug-likeness (QED) is 0.480. The van der Waals surface area contributed by atoms with Crippen molar-refractivity contribution in [2.75, 3.05) is 0 Å². The first-order chi connectivity index (χ1) is 14.5. The van der Waals surface area contributed by atoms with Gasteiger partial charge in [-0.15, -0.1) is 0 Å². The predicted molar refractivity (Wildman–Crippen MR) is 115 cm³/mol. The number of ketones is 1. The lowest BCUT2D eigenvalue weighted by atomic mass is 9.92. The van der Waals surface area contributed by atoms with E-state index >= 15 is 0 Å². The minimum Gasteiger partial charge on any atom is -0.369 e. The summed E-state index contributed by atoms with van der Waals surface area (Å²) in [5.41, 5.74) is 5.60. The van der Waals surface area contributed by atoms with Gasteiger partial charge in [-0.3, -0.25) is 9.59 Å². The molecule has 0 bridgehead atoms. The molecule has 1 amide bonds. The average molecular weight is 430 g/mol. The van der Waals surface area contributed by atoms with Gasteiger partial charge in [0.25, 0.3) is 0 Å². The molecule has 0 aliphatic heterocycles. The number of alkyl halides is 3. The number of hydrogen-bond acceptors (Lipinski definition) is 2. The van der Waals surface area contributed by atoms with Crippen LogP contribution >= 0.6 is 0 Å². The summed E-state index contributed by atoms with van der Waals surface area (Å²) in [4.78, 5) is 25.2. The van der Waals surface area contributed by atoms with Gasteiger partial charge in [0.1, 0.15) is 0 Å². The maximum atomic E-state index is 13.5. The largest absolute Gasteiger partial charge is 0.416 e. The van der Waals surface area contributed by atoms with E-state index < -0.39 is 23.1 Å². The van der Waals surface area contributed by atoms with E-state index in [1.807, 2.05) is 6.92 Å². The molecule has 0 unspecified atom stereocenters. The molecule has 0 fully saturated rings. The second-order valence-electron chi connectivity index (χ2n) is 8.33. The van der Waals surface area contributed by atoms with Crippen LogP contribution < -0.4 is 5.73 Å². The molecule has 4 nitrogen and oxygen atoms in total. The molecule has 0 aliphatic rings. The normalized spacial score (nSPS) is 12.3. The van der Waals surface area contributed by atoms with Crippen LogP contribution in [-0.4, -0.2) is 16.3 Å². The minimum absolute atomic E-state index is 0.0712. The van der Waals surface area contributed by atoms with E-state index in [1.165, 1.54) is 6.07 Å². The fourth-order valence-electron chi connectivity index (χ4n) is 3.70. The zero-order valence-electron chi connectivity index (χ0n) is 17.7. The first kappa shape index (κ1) is 22.6. The number of primary amides is 1. The highest BCUT2D eigenvalue weighted by Gasteiger charge is 2.34. The number of fused-ring (bicyclic) bond motifs is 1. The summed E-state index contributed by atoms with van der Waals surface area (Å²) in [5.74, 6) is -0.747. The third-order valence-corrected chi connectivity index (χ3v) is 5.41. The first-order valence-corrected chi connectivity index (χ1v) is 10.1. The van der Waals surface area contributed by atoms with Gasteiger partial charge in [-0.2, -0.15) is 13.2 Å². The van der Waals surface area contributed by atoms with Gasteiger partial charge in [0, 0.05) is 29.4 Å². The van der Waals surface area contributed by atoms with E-state index in [9.17, 15) is 22.8 Å². The number of benzene rings is 2. The summed E-state index contributed by atoms with van der Waals surface area (Å²) in [6.45, 7) is 5.24. The zero-order valence-corrected chi connectivity index (χ0v) is 17.7. The smallest absolute Gasteiger partial charge is 0.369 e. The predicted octanol–water partition coefficient (Wildman–Crippen LogP) is 5.82. The highest BCUT2D eigenvalue weighted by molar-refractivity contribution is 6.11. The molecule has 0 aliphatic carbocycles. The Balaban J connectivity index is 2.44. The number of aromatic nitrogens is 1. The number of rotatable bonds is 7. The van der Waals surface area contributed by atoms with Crippen LogP contribution in [0.4, 0.5) is 13.2 Å². The maximum absolute atomic E-state index is 13.5. The Morgan fingerprint density at radius 3 is 2.23 bits per heavy atom. The molecule has 0 radical (unpaired) electrons. The lowest BCUT2D eigenvalue weighted by molar-refractivity contribution is -0.137. The molecule has 2 N–H and O–H groups in total. The molecule has 1 heterocycles. The second-order valence-corrected chi connectivity index (χ2v) is 8.33. The molecule has 3 aromatic rings. The first-order valence-electron chi connectivity index (χ1n) is 10.1. The van der Waals surface area contributed by atoms with Crippen molar-refractivity contribution in [2.24, 2.45) is 11.1 Å². The summed E-state index contributed by atoms with van der Waals surface area (Å²) in [6, 6.07) is 12.3. The van der Waals surface area contributed by atoms with Crippen molar-refractivity contribution in [1.82, 2.24) is 4.57 Å². The molecule has 164 valence electrons. The maximum Gasteiger partial charge on any atom is 0.416 e. The summed E-state index contributed by atoms with van der Waals surface area (Å²) in [5, 5.41) is 0.320. The number of amides is 1. The average Bonchev–Trinajstić information content (AvgIpc) is 3.01. The summed E-state index contributed by atoms with van der Waals surface area (Å²) < 4.78 is 42.1. The van der Waals surface area contributed by atoms with Crippen LogP contribution in [0.1, 0.15) is 49.7 Å². The van der Waals surface area contributed by atoms with E-state index in [1.54, 1.807) is 48.7 Å². The molecule has 0 atom stereocenters. The van der Waals surface area contributed by atoms with E-state index in [4.69, 9.17) is 5.73 Å². The second kappa shape index (κ2) is 8.21. The van der Waals surface area contributed by atoms with Crippen LogP contribution in [0.15, 0.2) is 48.5 Å². The Morgan fingerprint density at radius 1 is 1.03 bits per heavy atom. The Bertz CT molecular complexity index is 1130. The van der Waals surface area contributed by atoms with Crippen molar-refractivity contribution < 1.29 is 22.8 Å². The number of nitrogens with two attached hydrogens (primary N) is 1. The minimum atomic E-state index is -4.52. The molecule has 0 spiro atoms. The van der Waals surface area contributed by atoms with Crippen molar-refractivity contribution in [3.8, 4) is 11.1 Å². The van der Waals surface area contributed by atoms with Crippen molar-refractivity contribution in [2.45, 2.75) is 46.3 Å². The van der Waals surface area contributed by atoms with Gasteiger partial charge >= 0.3 is 6.18 Å². The van der Waals surface area contributed by atoms with Crippen molar-refractivity contribution in [3.63, 3.8) is 0 Å². The summed E-state index contributed by atoms with van der Waals surface area (Å²) in [6.07, 6.45) is -3.70. The van der Waals surface area contributed by atoms with Crippen LogP contribution in [0.2, 0.25) is 0 Å². The molecule has 0 saturated carbocycles. The van der Waals surface area contributed by atoms with Crippen LogP contribution in [0.25, 0.3) is 22.0 Å². The number of hydrogen-bond donors (Lipinski definition) is 1. The monoisotopic (exact) mass is 430 g/mol. The van der Waals surface area contributed by atoms with Gasteiger partial charge in [-0.1, -0.05) is 37.3 Å². The molecular formula is C24H25F3N2O2. The summed E-state index contributed by atoms with van der Waals surface area (Å²) >= 11 is 0. The molecule has 7 heteroatoms. The Labute approximate surface area is 178 Å². The van der Waals surface area contributed by atoms with E-state index in [-0.39, 0.29) is 18.7 Å². The van der Waals surface area contributed by atoms with E-state index in [2.05, 4.69) is 0 Å². The SMILES string of the molecule is CCCC(=O)c1c(-c2ccccc2)c2cc(C(F)(F)F)ccc2n1CC(C)(C)C(N)=O. The highest BCUT2D eigenvalue weighted by atomic mass is 19.4. The Hall–Kier alpha value is -3.09. The highest BCUT2D eigenvalue weighted by Crippen LogP contribution is 2.40. The molecule has 0 saturated heterocycles.